The minimum atomic E-state index is -0.227. The first-order valence-corrected chi connectivity index (χ1v) is 7.00. The number of benzene rings is 1. The second-order valence-corrected chi connectivity index (χ2v) is 6.13. The van der Waals surface area contributed by atoms with E-state index in [0.717, 1.165) is 24.8 Å². The molecule has 0 unspecified atom stereocenters. The van der Waals surface area contributed by atoms with Crippen molar-refractivity contribution in [3.63, 3.8) is 0 Å². The Kier molecular flexibility index (Phi) is 3.93. The predicted molar refractivity (Wildman–Crippen MR) is 74.4 cm³/mol. The maximum atomic E-state index is 13.2. The molecule has 1 saturated carbocycles. The largest absolute Gasteiger partial charge is 0.351 e. The van der Waals surface area contributed by atoms with Crippen molar-refractivity contribution < 1.29 is 9.18 Å². The monoisotopic (exact) mass is 263 g/mol. The summed E-state index contributed by atoms with van der Waals surface area (Å²) in [5, 5.41) is 3.10. The molecule has 1 N–H and O–H groups in total. The Bertz CT molecular complexity index is 470. The van der Waals surface area contributed by atoms with Gasteiger partial charge in [0, 0.05) is 11.5 Å². The van der Waals surface area contributed by atoms with Crippen molar-refractivity contribution in [1.29, 1.82) is 0 Å². The van der Waals surface area contributed by atoms with Crippen LogP contribution in [0.3, 0.4) is 0 Å². The first kappa shape index (κ1) is 14.0. The molecule has 0 aromatic heterocycles. The van der Waals surface area contributed by atoms with E-state index in [-0.39, 0.29) is 29.1 Å². The van der Waals surface area contributed by atoms with E-state index >= 15 is 0 Å². The highest BCUT2D eigenvalue weighted by Crippen LogP contribution is 2.47. The van der Waals surface area contributed by atoms with Gasteiger partial charge in [0.15, 0.2) is 0 Å². The van der Waals surface area contributed by atoms with Crippen LogP contribution in [-0.2, 0) is 4.79 Å². The van der Waals surface area contributed by atoms with Gasteiger partial charge in [0.1, 0.15) is 5.82 Å². The minimum absolute atomic E-state index is 0.0120. The van der Waals surface area contributed by atoms with Crippen LogP contribution in [0.2, 0.25) is 0 Å². The number of amides is 1. The molecule has 19 heavy (non-hydrogen) atoms. The van der Waals surface area contributed by atoms with Crippen LogP contribution in [-0.4, -0.2) is 11.4 Å². The second kappa shape index (κ2) is 5.32. The molecule has 1 aromatic rings. The first-order chi connectivity index (χ1) is 8.93. The molecule has 0 spiro atoms. The molecule has 0 bridgehead atoms. The third kappa shape index (κ3) is 3.55. The highest BCUT2D eigenvalue weighted by atomic mass is 19.1. The molecule has 0 heterocycles. The van der Waals surface area contributed by atoms with Crippen LogP contribution in [0.1, 0.15) is 51.5 Å². The standard InChI is InChI=1S/C16H22FNO/c1-4-8-16(2,3)18-15(19)14-10-13(14)11-6-5-7-12(17)9-11/h5-7,9,13-14H,4,8,10H2,1-3H3,(H,18,19)/t13-,14+/m0/s1. The molecule has 0 radical (unpaired) electrons. The van der Waals surface area contributed by atoms with Crippen LogP contribution in [0, 0.1) is 11.7 Å². The third-order valence-electron chi connectivity index (χ3n) is 3.74. The van der Waals surface area contributed by atoms with Crippen LogP contribution in [0.15, 0.2) is 24.3 Å². The molecule has 1 aliphatic rings. The Balaban J connectivity index is 1.94. The van der Waals surface area contributed by atoms with Gasteiger partial charge in [0.2, 0.25) is 5.91 Å². The molecular weight excluding hydrogens is 241 g/mol. The van der Waals surface area contributed by atoms with Gasteiger partial charge in [-0.2, -0.15) is 0 Å². The number of nitrogens with one attached hydrogen (secondary N) is 1. The fourth-order valence-corrected chi connectivity index (χ4v) is 2.70. The van der Waals surface area contributed by atoms with Gasteiger partial charge in [0.25, 0.3) is 0 Å². The van der Waals surface area contributed by atoms with Crippen LogP contribution >= 0.6 is 0 Å². The van der Waals surface area contributed by atoms with Crippen molar-refractivity contribution in [3.8, 4) is 0 Å². The van der Waals surface area contributed by atoms with E-state index in [2.05, 4.69) is 12.2 Å². The van der Waals surface area contributed by atoms with Gasteiger partial charge < -0.3 is 5.32 Å². The van der Waals surface area contributed by atoms with Crippen molar-refractivity contribution in [2.45, 2.75) is 51.5 Å². The smallest absolute Gasteiger partial charge is 0.224 e. The molecule has 0 aliphatic heterocycles. The van der Waals surface area contributed by atoms with Crippen LogP contribution < -0.4 is 5.32 Å². The van der Waals surface area contributed by atoms with E-state index in [1.54, 1.807) is 6.07 Å². The van der Waals surface area contributed by atoms with Crippen molar-refractivity contribution in [3.05, 3.63) is 35.6 Å². The van der Waals surface area contributed by atoms with E-state index in [9.17, 15) is 9.18 Å². The molecule has 1 aromatic carbocycles. The fraction of sp³-hybridized carbons (Fsp3) is 0.562. The maximum Gasteiger partial charge on any atom is 0.224 e. The lowest BCUT2D eigenvalue weighted by molar-refractivity contribution is -0.124. The highest BCUT2D eigenvalue weighted by molar-refractivity contribution is 5.83. The Morgan fingerprint density at radius 3 is 2.84 bits per heavy atom. The lowest BCUT2D eigenvalue weighted by atomic mass is 9.98. The van der Waals surface area contributed by atoms with Crippen molar-refractivity contribution in [1.82, 2.24) is 5.32 Å². The zero-order valence-electron chi connectivity index (χ0n) is 11.9. The SMILES string of the molecule is CCCC(C)(C)NC(=O)[C@@H]1C[C@H]1c1cccc(F)c1. The zero-order valence-corrected chi connectivity index (χ0v) is 11.9. The molecule has 3 heteroatoms. The lowest BCUT2D eigenvalue weighted by Gasteiger charge is -2.25. The van der Waals surface area contributed by atoms with Gasteiger partial charge in [-0.05, 0) is 50.3 Å². The summed E-state index contributed by atoms with van der Waals surface area (Å²) in [6.45, 7) is 6.21. The Morgan fingerprint density at radius 2 is 2.21 bits per heavy atom. The van der Waals surface area contributed by atoms with Gasteiger partial charge in [-0.25, -0.2) is 4.39 Å². The topological polar surface area (TPSA) is 29.1 Å². The summed E-state index contributed by atoms with van der Waals surface area (Å²) < 4.78 is 13.2. The molecule has 0 saturated heterocycles. The molecule has 2 atom stereocenters. The molecule has 2 rings (SSSR count). The van der Waals surface area contributed by atoms with E-state index in [1.165, 1.54) is 12.1 Å². The van der Waals surface area contributed by atoms with E-state index in [0.29, 0.717) is 0 Å². The number of rotatable bonds is 5. The van der Waals surface area contributed by atoms with Crippen LogP contribution in [0.25, 0.3) is 0 Å². The normalized spacial score (nSPS) is 22.1. The molecule has 1 fully saturated rings. The van der Waals surface area contributed by atoms with Crippen molar-refractivity contribution in [2.75, 3.05) is 0 Å². The van der Waals surface area contributed by atoms with E-state index in [1.807, 2.05) is 19.9 Å². The third-order valence-corrected chi connectivity index (χ3v) is 3.74. The van der Waals surface area contributed by atoms with E-state index in [4.69, 9.17) is 0 Å². The number of carbonyl (C=O) groups excluding carboxylic acids is 1. The average molecular weight is 263 g/mol. The summed E-state index contributed by atoms with van der Waals surface area (Å²) in [5.41, 5.74) is 0.787. The van der Waals surface area contributed by atoms with Gasteiger partial charge in [-0.3, -0.25) is 4.79 Å². The summed E-state index contributed by atoms with van der Waals surface area (Å²) in [5.74, 6) is 0.0774. The summed E-state index contributed by atoms with van der Waals surface area (Å²) in [4.78, 5) is 12.2. The quantitative estimate of drug-likeness (QED) is 0.863. The number of hydrogen-bond donors (Lipinski definition) is 1. The highest BCUT2D eigenvalue weighted by Gasteiger charge is 2.45. The minimum Gasteiger partial charge on any atom is -0.351 e. The summed E-state index contributed by atoms with van der Waals surface area (Å²) in [6.07, 6.45) is 2.85. The van der Waals surface area contributed by atoms with Crippen molar-refractivity contribution >= 4 is 5.91 Å². The molecule has 1 amide bonds. The van der Waals surface area contributed by atoms with Crippen molar-refractivity contribution in [2.24, 2.45) is 5.92 Å². The number of halogens is 1. The number of carbonyl (C=O) groups is 1. The fourth-order valence-electron chi connectivity index (χ4n) is 2.70. The second-order valence-electron chi connectivity index (χ2n) is 6.13. The zero-order chi connectivity index (χ0) is 14.0. The van der Waals surface area contributed by atoms with Gasteiger partial charge in [-0.1, -0.05) is 25.5 Å². The van der Waals surface area contributed by atoms with Gasteiger partial charge in [0.05, 0.1) is 0 Å². The van der Waals surface area contributed by atoms with Gasteiger partial charge >= 0.3 is 0 Å². The predicted octanol–water partition coefficient (Wildman–Crippen LogP) is 3.62. The molecular formula is C16H22FNO. The maximum absolute atomic E-state index is 13.2. The Morgan fingerprint density at radius 1 is 1.47 bits per heavy atom. The van der Waals surface area contributed by atoms with Gasteiger partial charge in [-0.15, -0.1) is 0 Å². The van der Waals surface area contributed by atoms with Crippen LogP contribution in [0.4, 0.5) is 4.39 Å². The molecule has 104 valence electrons. The lowest BCUT2D eigenvalue weighted by Crippen LogP contribution is -2.44. The molecule has 1 aliphatic carbocycles. The average Bonchev–Trinajstić information content (AvgIpc) is 3.07. The first-order valence-electron chi connectivity index (χ1n) is 7.00. The Hall–Kier alpha value is -1.38. The Labute approximate surface area is 114 Å². The summed E-state index contributed by atoms with van der Waals surface area (Å²) >= 11 is 0. The summed E-state index contributed by atoms with van der Waals surface area (Å²) in [7, 11) is 0. The van der Waals surface area contributed by atoms with E-state index < -0.39 is 0 Å². The number of hydrogen-bond acceptors (Lipinski definition) is 1. The van der Waals surface area contributed by atoms with Crippen LogP contribution in [0.5, 0.6) is 0 Å². The summed E-state index contributed by atoms with van der Waals surface area (Å²) in [6, 6.07) is 6.58. The molecule has 2 nitrogen and oxygen atoms in total.